The lowest BCUT2D eigenvalue weighted by atomic mass is 10.1. The van der Waals surface area contributed by atoms with Gasteiger partial charge in [-0.1, -0.05) is 41.6 Å². The Bertz CT molecular complexity index is 1160. The fourth-order valence-corrected chi connectivity index (χ4v) is 3.94. The molecular weight excluding hydrogens is 378 g/mol. The molecule has 0 aliphatic rings. The Morgan fingerprint density at radius 2 is 1.89 bits per heavy atom. The van der Waals surface area contributed by atoms with Crippen LogP contribution in [-0.4, -0.2) is 30.3 Å². The Balaban J connectivity index is 1.64. The highest BCUT2D eigenvalue weighted by Crippen LogP contribution is 2.20. The van der Waals surface area contributed by atoms with Crippen molar-refractivity contribution in [3.63, 3.8) is 0 Å². The minimum Gasteiger partial charge on any atom is -0.352 e. The summed E-state index contributed by atoms with van der Waals surface area (Å²) in [6, 6.07) is 8.00. The zero-order chi connectivity index (χ0) is 20.4. The predicted molar refractivity (Wildman–Crippen MR) is 110 cm³/mol. The average Bonchev–Trinajstić information content (AvgIpc) is 3.00. The van der Waals surface area contributed by atoms with Crippen molar-refractivity contribution >= 4 is 28.8 Å². The lowest BCUT2D eigenvalue weighted by Crippen LogP contribution is -2.37. The van der Waals surface area contributed by atoms with Crippen LogP contribution in [-0.2, 0) is 32.5 Å². The number of thioether (sulfide) groups is 1. The SMILES string of the molecule is Cc1cccc(CNC(=O)CCSc2nc3c(=O)n(C)c(=O)n(C)c3n2C)c1. The largest absolute Gasteiger partial charge is 0.352 e. The Morgan fingerprint density at radius 1 is 1.14 bits per heavy atom. The third kappa shape index (κ3) is 3.89. The van der Waals surface area contributed by atoms with Crippen LogP contribution in [0.3, 0.4) is 0 Å². The van der Waals surface area contributed by atoms with Crippen LogP contribution in [0.4, 0.5) is 0 Å². The molecule has 0 radical (unpaired) electrons. The van der Waals surface area contributed by atoms with Crippen molar-refractivity contribution < 1.29 is 4.79 Å². The van der Waals surface area contributed by atoms with Crippen molar-refractivity contribution in [1.82, 2.24) is 24.0 Å². The topological polar surface area (TPSA) is 90.9 Å². The number of nitrogens with zero attached hydrogens (tertiary/aromatic N) is 4. The van der Waals surface area contributed by atoms with Crippen LogP contribution in [0.5, 0.6) is 0 Å². The van der Waals surface area contributed by atoms with E-state index in [1.54, 1.807) is 18.7 Å². The summed E-state index contributed by atoms with van der Waals surface area (Å²) in [7, 11) is 4.80. The highest BCUT2D eigenvalue weighted by molar-refractivity contribution is 7.99. The van der Waals surface area contributed by atoms with Crippen LogP contribution >= 0.6 is 11.8 Å². The Labute approximate surface area is 166 Å². The number of amides is 1. The molecule has 0 saturated heterocycles. The maximum atomic E-state index is 12.3. The van der Waals surface area contributed by atoms with Crippen molar-refractivity contribution in [3.8, 4) is 0 Å². The minimum atomic E-state index is -0.420. The summed E-state index contributed by atoms with van der Waals surface area (Å²) < 4.78 is 4.17. The standard InChI is InChI=1S/C19H23N5O3S/c1-12-6-5-7-13(10-12)11-20-14(25)8-9-28-18-21-15-16(22(18)2)23(3)19(27)24(4)17(15)26/h5-7,10H,8-9,11H2,1-4H3,(H,20,25). The molecule has 0 aliphatic heterocycles. The van der Waals surface area contributed by atoms with Crippen LogP contribution in [0.15, 0.2) is 39.0 Å². The number of carbonyl (C=O) groups excluding carboxylic acids is 1. The molecule has 2 aromatic heterocycles. The molecule has 3 aromatic rings. The first kappa shape index (κ1) is 19.9. The van der Waals surface area contributed by atoms with Gasteiger partial charge in [0.1, 0.15) is 0 Å². The van der Waals surface area contributed by atoms with Gasteiger partial charge in [-0.25, -0.2) is 9.78 Å². The van der Waals surface area contributed by atoms with Crippen molar-refractivity contribution in [3.05, 3.63) is 56.2 Å². The third-order valence-electron chi connectivity index (χ3n) is 4.56. The van der Waals surface area contributed by atoms with Gasteiger partial charge in [-0.15, -0.1) is 0 Å². The molecule has 0 aliphatic carbocycles. The molecule has 3 rings (SSSR count). The first-order valence-electron chi connectivity index (χ1n) is 8.87. The van der Waals surface area contributed by atoms with E-state index in [2.05, 4.69) is 10.3 Å². The Morgan fingerprint density at radius 3 is 2.61 bits per heavy atom. The highest BCUT2D eigenvalue weighted by Gasteiger charge is 2.17. The number of hydrogen-bond acceptors (Lipinski definition) is 5. The molecule has 28 heavy (non-hydrogen) atoms. The molecule has 0 spiro atoms. The molecule has 9 heteroatoms. The van der Waals surface area contributed by atoms with E-state index in [0.717, 1.165) is 15.7 Å². The Kier molecular flexibility index (Phi) is 5.73. The number of hydrogen-bond donors (Lipinski definition) is 1. The quantitative estimate of drug-likeness (QED) is 0.624. The second-order valence-corrected chi connectivity index (χ2v) is 7.76. The van der Waals surface area contributed by atoms with Crippen LogP contribution in [0.1, 0.15) is 17.5 Å². The summed E-state index contributed by atoms with van der Waals surface area (Å²) in [4.78, 5) is 40.9. The fraction of sp³-hybridized carbons (Fsp3) is 0.368. The van der Waals surface area contributed by atoms with E-state index in [9.17, 15) is 14.4 Å². The monoisotopic (exact) mass is 401 g/mol. The molecule has 8 nitrogen and oxygen atoms in total. The number of aromatic nitrogens is 4. The number of nitrogens with one attached hydrogen (secondary N) is 1. The van der Waals surface area contributed by atoms with E-state index in [1.165, 1.54) is 23.4 Å². The van der Waals surface area contributed by atoms with Crippen molar-refractivity contribution in [1.29, 1.82) is 0 Å². The van der Waals surface area contributed by atoms with Gasteiger partial charge in [0.15, 0.2) is 16.3 Å². The number of aryl methyl sites for hydroxylation is 3. The smallest absolute Gasteiger partial charge is 0.332 e. The number of imidazole rings is 1. The van der Waals surface area contributed by atoms with Gasteiger partial charge < -0.3 is 9.88 Å². The summed E-state index contributed by atoms with van der Waals surface area (Å²) in [5.74, 6) is 0.474. The van der Waals surface area contributed by atoms with Gasteiger partial charge >= 0.3 is 5.69 Å². The van der Waals surface area contributed by atoms with Crippen LogP contribution in [0.25, 0.3) is 11.2 Å². The van der Waals surface area contributed by atoms with Crippen molar-refractivity contribution in [2.75, 3.05) is 5.75 Å². The van der Waals surface area contributed by atoms with E-state index in [0.29, 0.717) is 29.5 Å². The van der Waals surface area contributed by atoms with E-state index < -0.39 is 11.2 Å². The lowest BCUT2D eigenvalue weighted by molar-refractivity contribution is -0.120. The zero-order valence-corrected chi connectivity index (χ0v) is 17.2. The Hall–Kier alpha value is -2.81. The molecule has 0 bridgehead atoms. The van der Waals surface area contributed by atoms with E-state index in [1.807, 2.05) is 31.2 Å². The van der Waals surface area contributed by atoms with Gasteiger partial charge in [-0.3, -0.25) is 18.7 Å². The van der Waals surface area contributed by atoms with E-state index in [4.69, 9.17) is 0 Å². The molecule has 0 saturated carbocycles. The fourth-order valence-electron chi connectivity index (χ4n) is 3.03. The first-order valence-corrected chi connectivity index (χ1v) is 9.85. The number of benzene rings is 1. The summed E-state index contributed by atoms with van der Waals surface area (Å²) in [5, 5.41) is 3.51. The first-order chi connectivity index (χ1) is 13.3. The normalized spacial score (nSPS) is 11.1. The summed E-state index contributed by atoms with van der Waals surface area (Å²) in [6.07, 6.45) is 0.330. The van der Waals surface area contributed by atoms with Crippen molar-refractivity contribution in [2.24, 2.45) is 21.1 Å². The molecule has 148 valence electrons. The predicted octanol–water partition coefficient (Wildman–Crippen LogP) is 1.08. The minimum absolute atomic E-state index is 0.0453. The van der Waals surface area contributed by atoms with Gasteiger partial charge in [-0.05, 0) is 12.5 Å². The van der Waals surface area contributed by atoms with Gasteiger partial charge in [0.25, 0.3) is 5.56 Å². The summed E-state index contributed by atoms with van der Waals surface area (Å²) >= 11 is 1.38. The number of carbonyl (C=O) groups is 1. The maximum absolute atomic E-state index is 12.3. The molecule has 1 aromatic carbocycles. The summed E-state index contributed by atoms with van der Waals surface area (Å²) in [6.45, 7) is 2.51. The van der Waals surface area contributed by atoms with Gasteiger partial charge in [-0.2, -0.15) is 0 Å². The zero-order valence-electron chi connectivity index (χ0n) is 16.4. The van der Waals surface area contributed by atoms with Crippen molar-refractivity contribution in [2.45, 2.75) is 25.0 Å². The third-order valence-corrected chi connectivity index (χ3v) is 5.59. The van der Waals surface area contributed by atoms with Crippen LogP contribution < -0.4 is 16.6 Å². The maximum Gasteiger partial charge on any atom is 0.332 e. The molecule has 2 heterocycles. The lowest BCUT2D eigenvalue weighted by Gasteiger charge is -2.07. The highest BCUT2D eigenvalue weighted by atomic mass is 32.2. The second-order valence-electron chi connectivity index (χ2n) is 6.70. The molecule has 0 unspecified atom stereocenters. The van der Waals surface area contributed by atoms with Gasteiger partial charge in [0.05, 0.1) is 0 Å². The molecule has 1 amide bonds. The summed E-state index contributed by atoms with van der Waals surface area (Å²) in [5.41, 5.74) is 2.12. The van der Waals surface area contributed by atoms with Gasteiger partial charge in [0.2, 0.25) is 5.91 Å². The molecule has 0 atom stereocenters. The average molecular weight is 401 g/mol. The molecular formula is C19H23N5O3S. The van der Waals surface area contributed by atoms with E-state index in [-0.39, 0.29) is 11.4 Å². The van der Waals surface area contributed by atoms with E-state index >= 15 is 0 Å². The number of fused-ring (bicyclic) bond motifs is 1. The molecule has 0 fully saturated rings. The molecule has 1 N–H and O–H groups in total. The van der Waals surface area contributed by atoms with Gasteiger partial charge in [0, 0.05) is 39.9 Å². The second kappa shape index (κ2) is 8.05. The number of rotatable bonds is 6. The van der Waals surface area contributed by atoms with Crippen LogP contribution in [0.2, 0.25) is 0 Å². The van der Waals surface area contributed by atoms with Crippen LogP contribution in [0, 0.1) is 6.92 Å².